The second kappa shape index (κ2) is 10.1. The number of rotatable bonds is 7. The van der Waals surface area contributed by atoms with E-state index in [4.69, 9.17) is 0 Å². The van der Waals surface area contributed by atoms with Crippen LogP contribution in [-0.2, 0) is 0 Å². The molecule has 0 aliphatic rings. The van der Waals surface area contributed by atoms with Gasteiger partial charge in [-0.2, -0.15) is 0 Å². The molecule has 0 aromatic heterocycles. The molecule has 0 fully saturated rings. The van der Waals surface area contributed by atoms with Crippen molar-refractivity contribution in [2.24, 2.45) is 0 Å². The van der Waals surface area contributed by atoms with Gasteiger partial charge in [-0.3, -0.25) is 0 Å². The highest BCUT2D eigenvalue weighted by Gasteiger charge is 2.01. The molecule has 0 spiro atoms. The minimum Gasteiger partial charge on any atom is -0.0651 e. The lowest BCUT2D eigenvalue weighted by atomic mass is 10.1. The van der Waals surface area contributed by atoms with Gasteiger partial charge in [-0.15, -0.1) is 0 Å². The Morgan fingerprint density at radius 1 is 0.867 bits per heavy atom. The van der Waals surface area contributed by atoms with Crippen molar-refractivity contribution in [3.63, 3.8) is 0 Å². The fraction of sp³-hybridized carbons (Fsp3) is 0.692. The highest BCUT2D eigenvalue weighted by atomic mass is 127. The summed E-state index contributed by atoms with van der Waals surface area (Å²) < 4.78 is 3.06. The maximum atomic E-state index is 2.52. The van der Waals surface area contributed by atoms with Gasteiger partial charge in [0, 0.05) is 0 Å². The van der Waals surface area contributed by atoms with Gasteiger partial charge in [-0.25, -0.2) is 0 Å². The normalized spacial score (nSPS) is 14.1. The maximum absolute atomic E-state index is 2.52. The molecule has 0 unspecified atom stereocenters. The molecule has 0 bridgehead atoms. The molecule has 0 amide bonds. The van der Waals surface area contributed by atoms with E-state index < -0.39 is 0 Å². The molecule has 0 aliphatic heterocycles. The Labute approximate surface area is 122 Å². The van der Waals surface area contributed by atoms with Crippen molar-refractivity contribution in [2.75, 3.05) is 0 Å². The highest BCUT2D eigenvalue weighted by Crippen LogP contribution is 2.26. The molecule has 0 radical (unpaired) electrons. The second-order valence-electron chi connectivity index (χ2n) is 3.77. The SMILES string of the molecule is CCC/C(I)=C/C(CCC)=C(\I)CCC. The fourth-order valence-corrected chi connectivity index (χ4v) is 3.32. The van der Waals surface area contributed by atoms with Crippen molar-refractivity contribution in [1.29, 1.82) is 0 Å². The maximum Gasteiger partial charge on any atom is -0.00619 e. The van der Waals surface area contributed by atoms with Crippen molar-refractivity contribution in [1.82, 2.24) is 0 Å². The summed E-state index contributed by atoms with van der Waals surface area (Å²) in [7, 11) is 0. The van der Waals surface area contributed by atoms with Crippen LogP contribution in [-0.4, -0.2) is 0 Å². The molecule has 0 atom stereocenters. The van der Waals surface area contributed by atoms with Crippen molar-refractivity contribution in [3.8, 4) is 0 Å². The lowest BCUT2D eigenvalue weighted by Gasteiger charge is -2.06. The Balaban J connectivity index is 4.64. The molecule has 0 rings (SSSR count). The Morgan fingerprint density at radius 3 is 1.87 bits per heavy atom. The Kier molecular flexibility index (Phi) is 10.8. The van der Waals surface area contributed by atoms with E-state index in [9.17, 15) is 0 Å². The average Bonchev–Trinajstić information content (AvgIpc) is 2.18. The van der Waals surface area contributed by atoms with Gasteiger partial charge in [-0.1, -0.05) is 40.0 Å². The highest BCUT2D eigenvalue weighted by molar-refractivity contribution is 14.1. The standard InChI is InChI=1S/C13H22I2/c1-4-7-11(13(15)9-6-3)10-12(14)8-5-2/h10H,4-9H2,1-3H3/b12-10-,13-11-. The van der Waals surface area contributed by atoms with Gasteiger partial charge in [0.15, 0.2) is 0 Å². The van der Waals surface area contributed by atoms with E-state index in [1.165, 1.54) is 42.1 Å². The predicted molar refractivity (Wildman–Crippen MR) is 87.9 cm³/mol. The van der Waals surface area contributed by atoms with Crippen molar-refractivity contribution >= 4 is 45.2 Å². The average molecular weight is 432 g/mol. The minimum atomic E-state index is 1.23. The second-order valence-corrected chi connectivity index (χ2v) is 6.46. The predicted octanol–water partition coefficient (Wildman–Crippen LogP) is 6.39. The molecule has 0 aromatic carbocycles. The van der Waals surface area contributed by atoms with Gasteiger partial charge < -0.3 is 0 Å². The van der Waals surface area contributed by atoms with E-state index in [1.807, 2.05) is 0 Å². The van der Waals surface area contributed by atoms with Crippen LogP contribution in [0.15, 0.2) is 18.8 Å². The summed E-state index contributed by atoms with van der Waals surface area (Å²) in [4.78, 5) is 0. The Bertz CT molecular complexity index is 227. The summed E-state index contributed by atoms with van der Waals surface area (Å²) in [5.41, 5.74) is 1.57. The summed E-state index contributed by atoms with van der Waals surface area (Å²) in [6, 6.07) is 0. The van der Waals surface area contributed by atoms with Crippen molar-refractivity contribution < 1.29 is 0 Å². The van der Waals surface area contributed by atoms with Gasteiger partial charge in [0.1, 0.15) is 0 Å². The fourth-order valence-electron chi connectivity index (χ4n) is 1.44. The summed E-state index contributed by atoms with van der Waals surface area (Å²) >= 11 is 5.00. The Morgan fingerprint density at radius 2 is 1.40 bits per heavy atom. The molecule has 2 heteroatoms. The molecule has 0 N–H and O–H groups in total. The zero-order chi connectivity index (χ0) is 11.7. The zero-order valence-electron chi connectivity index (χ0n) is 10.1. The van der Waals surface area contributed by atoms with Crippen LogP contribution in [0.4, 0.5) is 0 Å². The van der Waals surface area contributed by atoms with Crippen LogP contribution < -0.4 is 0 Å². The lowest BCUT2D eigenvalue weighted by molar-refractivity contribution is 0.886. The van der Waals surface area contributed by atoms with E-state index in [-0.39, 0.29) is 0 Å². The van der Waals surface area contributed by atoms with E-state index in [0.717, 1.165) is 0 Å². The van der Waals surface area contributed by atoms with Gasteiger partial charge in [0.05, 0.1) is 0 Å². The first-order chi connectivity index (χ1) is 7.15. The quantitative estimate of drug-likeness (QED) is 0.323. The molecule has 0 nitrogen and oxygen atoms in total. The first-order valence-electron chi connectivity index (χ1n) is 5.89. The third kappa shape index (κ3) is 7.77. The molecule has 15 heavy (non-hydrogen) atoms. The van der Waals surface area contributed by atoms with Gasteiger partial charge in [0.25, 0.3) is 0 Å². The third-order valence-electron chi connectivity index (χ3n) is 2.16. The summed E-state index contributed by atoms with van der Waals surface area (Å²) in [5, 5.41) is 0. The van der Waals surface area contributed by atoms with Crippen LogP contribution in [0.5, 0.6) is 0 Å². The molecular formula is C13H22I2. The van der Waals surface area contributed by atoms with Crippen LogP contribution in [0.1, 0.15) is 59.3 Å². The van der Waals surface area contributed by atoms with Gasteiger partial charge in [-0.05, 0) is 83.3 Å². The summed E-state index contributed by atoms with van der Waals surface area (Å²) in [5.74, 6) is 0. The first-order valence-corrected chi connectivity index (χ1v) is 8.04. The number of halogens is 2. The monoisotopic (exact) mass is 432 g/mol. The molecule has 88 valence electrons. The number of hydrogen-bond acceptors (Lipinski definition) is 0. The molecule has 0 heterocycles. The molecule has 0 aromatic rings. The van der Waals surface area contributed by atoms with Crippen molar-refractivity contribution in [3.05, 3.63) is 18.8 Å². The molecule has 0 saturated carbocycles. The topological polar surface area (TPSA) is 0 Å². The van der Waals surface area contributed by atoms with Crippen LogP contribution in [0, 0.1) is 0 Å². The van der Waals surface area contributed by atoms with E-state index in [1.54, 1.807) is 9.15 Å². The van der Waals surface area contributed by atoms with Crippen molar-refractivity contribution in [2.45, 2.75) is 59.3 Å². The van der Waals surface area contributed by atoms with Gasteiger partial charge >= 0.3 is 0 Å². The minimum absolute atomic E-state index is 1.23. The lowest BCUT2D eigenvalue weighted by Crippen LogP contribution is -1.85. The van der Waals surface area contributed by atoms with E-state index in [0.29, 0.717) is 0 Å². The summed E-state index contributed by atoms with van der Waals surface area (Å²) in [6.45, 7) is 6.76. The van der Waals surface area contributed by atoms with Crippen LogP contribution >= 0.6 is 45.2 Å². The third-order valence-corrected chi connectivity index (χ3v) is 4.24. The number of hydrogen-bond donors (Lipinski definition) is 0. The zero-order valence-corrected chi connectivity index (χ0v) is 14.4. The van der Waals surface area contributed by atoms with E-state index >= 15 is 0 Å². The molecule has 0 aliphatic carbocycles. The molecule has 0 saturated heterocycles. The Hall–Kier alpha value is 0.940. The number of allylic oxidation sites excluding steroid dienone is 4. The smallest absolute Gasteiger partial charge is 0.00619 e. The van der Waals surface area contributed by atoms with Gasteiger partial charge in [0.2, 0.25) is 0 Å². The summed E-state index contributed by atoms with van der Waals surface area (Å²) in [6.07, 6.45) is 9.85. The van der Waals surface area contributed by atoms with Crippen LogP contribution in [0.2, 0.25) is 0 Å². The van der Waals surface area contributed by atoms with Crippen LogP contribution in [0.25, 0.3) is 0 Å². The first kappa shape index (κ1) is 15.9. The molecular weight excluding hydrogens is 410 g/mol. The van der Waals surface area contributed by atoms with E-state index in [2.05, 4.69) is 72.0 Å². The van der Waals surface area contributed by atoms with Crippen LogP contribution in [0.3, 0.4) is 0 Å². The largest absolute Gasteiger partial charge is 0.0651 e.